The predicted octanol–water partition coefficient (Wildman–Crippen LogP) is 3.06. The lowest BCUT2D eigenvalue weighted by Gasteiger charge is -2.27. The van der Waals surface area contributed by atoms with Crippen molar-refractivity contribution >= 4 is 23.2 Å². The fourth-order valence-corrected chi connectivity index (χ4v) is 4.14. The highest BCUT2D eigenvalue weighted by atomic mass is 35.5. The summed E-state index contributed by atoms with van der Waals surface area (Å²) in [6.45, 7) is 0.465. The maximum atomic E-state index is 10.6. The van der Waals surface area contributed by atoms with Crippen molar-refractivity contribution in [3.05, 3.63) is 69.5 Å². The van der Waals surface area contributed by atoms with E-state index in [0.29, 0.717) is 28.8 Å². The van der Waals surface area contributed by atoms with Crippen molar-refractivity contribution in [3.63, 3.8) is 0 Å². The number of hydrogen-bond donors (Lipinski definition) is 1. The zero-order valence-corrected chi connectivity index (χ0v) is 15.6. The molecule has 0 fully saturated rings. The standard InChI is InChI=1S/C18H17Cl2N5O/c1-24(10-17-21-22-23-25(17)12-5-3-2-4-6-12)18-14-7-11(19)8-15(20)13(14)9-16(18)26/h2-8,16,18,26H,9-10H2,1H3/t16-,18+/m1/s1. The van der Waals surface area contributed by atoms with E-state index in [1.807, 2.05) is 48.3 Å². The molecule has 2 aromatic carbocycles. The minimum atomic E-state index is -0.563. The number of hydrogen-bond acceptors (Lipinski definition) is 5. The number of nitrogens with zero attached hydrogens (tertiary/aromatic N) is 5. The normalized spacial score (nSPS) is 19.1. The zero-order chi connectivity index (χ0) is 18.3. The van der Waals surface area contributed by atoms with E-state index in [2.05, 4.69) is 15.5 Å². The van der Waals surface area contributed by atoms with E-state index < -0.39 is 6.10 Å². The fraction of sp³-hybridized carbons (Fsp3) is 0.278. The molecule has 26 heavy (non-hydrogen) atoms. The highest BCUT2D eigenvalue weighted by Crippen LogP contribution is 2.41. The SMILES string of the molecule is CN(Cc1nnnn1-c1ccccc1)[C@H]1c2cc(Cl)cc(Cl)c2C[C@H]1O. The van der Waals surface area contributed by atoms with E-state index in [9.17, 15) is 5.11 Å². The summed E-state index contributed by atoms with van der Waals surface area (Å²) < 4.78 is 1.70. The smallest absolute Gasteiger partial charge is 0.170 e. The highest BCUT2D eigenvalue weighted by molar-refractivity contribution is 6.35. The van der Waals surface area contributed by atoms with Crippen molar-refractivity contribution in [2.75, 3.05) is 7.05 Å². The second-order valence-electron chi connectivity index (χ2n) is 6.43. The lowest BCUT2D eigenvalue weighted by molar-refractivity contribution is 0.0707. The summed E-state index contributed by atoms with van der Waals surface area (Å²) in [5.41, 5.74) is 2.79. The number of para-hydroxylation sites is 1. The molecular weight excluding hydrogens is 373 g/mol. The van der Waals surface area contributed by atoms with Gasteiger partial charge in [0.15, 0.2) is 5.82 Å². The third-order valence-electron chi connectivity index (χ3n) is 4.69. The van der Waals surface area contributed by atoms with Crippen LogP contribution in [0.4, 0.5) is 0 Å². The second kappa shape index (κ2) is 6.96. The van der Waals surface area contributed by atoms with Crippen LogP contribution in [-0.4, -0.2) is 43.4 Å². The monoisotopic (exact) mass is 389 g/mol. The summed E-state index contributed by atoms with van der Waals surface area (Å²) in [6.07, 6.45) is -0.0590. The molecule has 0 radical (unpaired) electrons. The van der Waals surface area contributed by atoms with Crippen LogP contribution in [0.1, 0.15) is 23.0 Å². The number of fused-ring (bicyclic) bond motifs is 1. The van der Waals surface area contributed by atoms with E-state index in [4.69, 9.17) is 23.2 Å². The van der Waals surface area contributed by atoms with Gasteiger partial charge >= 0.3 is 0 Å². The van der Waals surface area contributed by atoms with Gasteiger partial charge in [0, 0.05) is 16.5 Å². The first kappa shape index (κ1) is 17.4. The van der Waals surface area contributed by atoms with E-state index in [0.717, 1.165) is 16.8 Å². The van der Waals surface area contributed by atoms with Gasteiger partial charge in [0.05, 0.1) is 24.4 Å². The molecular formula is C18H17Cl2N5O. The maximum Gasteiger partial charge on any atom is 0.170 e. The molecule has 1 N–H and O–H groups in total. The molecule has 134 valence electrons. The summed E-state index contributed by atoms with van der Waals surface area (Å²) in [7, 11) is 1.93. The molecule has 1 heterocycles. The molecule has 1 aliphatic carbocycles. The number of halogens is 2. The molecule has 0 spiro atoms. The van der Waals surface area contributed by atoms with Crippen LogP contribution in [0.25, 0.3) is 5.69 Å². The van der Waals surface area contributed by atoms with Crippen LogP contribution in [0, 0.1) is 0 Å². The molecule has 0 amide bonds. The number of rotatable bonds is 4. The second-order valence-corrected chi connectivity index (χ2v) is 7.27. The van der Waals surface area contributed by atoms with Crippen molar-refractivity contribution in [3.8, 4) is 5.69 Å². The number of benzene rings is 2. The van der Waals surface area contributed by atoms with Crippen LogP contribution < -0.4 is 0 Å². The summed E-state index contributed by atoms with van der Waals surface area (Å²) in [6, 6.07) is 13.1. The average Bonchev–Trinajstić information content (AvgIpc) is 3.19. The van der Waals surface area contributed by atoms with Gasteiger partial charge in [0.25, 0.3) is 0 Å². The fourth-order valence-electron chi connectivity index (χ4n) is 3.56. The van der Waals surface area contributed by atoms with Gasteiger partial charge in [-0.25, -0.2) is 0 Å². The maximum absolute atomic E-state index is 10.6. The van der Waals surface area contributed by atoms with Gasteiger partial charge in [-0.1, -0.05) is 41.4 Å². The topological polar surface area (TPSA) is 67.1 Å². The molecule has 0 aliphatic heterocycles. The van der Waals surface area contributed by atoms with Gasteiger partial charge in [-0.3, -0.25) is 4.90 Å². The molecule has 1 aliphatic rings. The molecule has 2 atom stereocenters. The summed E-state index contributed by atoms with van der Waals surface area (Å²) in [5.74, 6) is 0.687. The molecule has 0 saturated heterocycles. The average molecular weight is 390 g/mol. The molecule has 0 unspecified atom stereocenters. The Hall–Kier alpha value is -1.99. The minimum absolute atomic E-state index is 0.220. The molecule has 3 aromatic rings. The number of likely N-dealkylation sites (N-methyl/N-ethyl adjacent to an activating group) is 1. The minimum Gasteiger partial charge on any atom is -0.391 e. The molecule has 8 heteroatoms. The van der Waals surface area contributed by atoms with Crippen LogP contribution in [0.3, 0.4) is 0 Å². The van der Waals surface area contributed by atoms with Crippen LogP contribution in [0.5, 0.6) is 0 Å². The third kappa shape index (κ3) is 3.10. The van der Waals surface area contributed by atoms with E-state index >= 15 is 0 Å². The first-order valence-electron chi connectivity index (χ1n) is 8.23. The van der Waals surface area contributed by atoms with Gasteiger partial charge in [-0.05, 0) is 52.9 Å². The van der Waals surface area contributed by atoms with Crippen molar-refractivity contribution in [2.24, 2.45) is 0 Å². The Kier molecular flexibility index (Phi) is 4.67. The molecule has 0 saturated carbocycles. The zero-order valence-electron chi connectivity index (χ0n) is 14.0. The summed E-state index contributed by atoms with van der Waals surface area (Å²) >= 11 is 12.5. The van der Waals surface area contributed by atoms with Crippen LogP contribution in [-0.2, 0) is 13.0 Å². The lowest BCUT2D eigenvalue weighted by Crippen LogP contribution is -2.31. The lowest BCUT2D eigenvalue weighted by atomic mass is 10.1. The molecule has 1 aromatic heterocycles. The highest BCUT2D eigenvalue weighted by Gasteiger charge is 2.36. The van der Waals surface area contributed by atoms with Crippen LogP contribution in [0.2, 0.25) is 10.0 Å². The summed E-state index contributed by atoms with van der Waals surface area (Å²) in [5, 5.41) is 23.8. The van der Waals surface area contributed by atoms with Crippen molar-refractivity contribution in [1.29, 1.82) is 0 Å². The van der Waals surface area contributed by atoms with Crippen molar-refractivity contribution in [1.82, 2.24) is 25.1 Å². The van der Waals surface area contributed by atoms with Gasteiger partial charge < -0.3 is 5.11 Å². The predicted molar refractivity (Wildman–Crippen MR) is 99.5 cm³/mol. The Morgan fingerprint density at radius 3 is 2.77 bits per heavy atom. The quantitative estimate of drug-likeness (QED) is 0.742. The van der Waals surface area contributed by atoms with Crippen molar-refractivity contribution < 1.29 is 5.11 Å². The number of tetrazole rings is 1. The van der Waals surface area contributed by atoms with Crippen LogP contribution >= 0.6 is 23.2 Å². The number of aromatic nitrogens is 4. The van der Waals surface area contributed by atoms with Crippen LogP contribution in [0.15, 0.2) is 42.5 Å². The molecule has 4 rings (SSSR count). The Morgan fingerprint density at radius 2 is 2.00 bits per heavy atom. The third-order valence-corrected chi connectivity index (χ3v) is 5.25. The molecule has 0 bridgehead atoms. The Bertz CT molecular complexity index is 931. The largest absolute Gasteiger partial charge is 0.391 e. The van der Waals surface area contributed by atoms with E-state index in [1.165, 1.54) is 0 Å². The number of aliphatic hydroxyl groups is 1. The van der Waals surface area contributed by atoms with Crippen molar-refractivity contribution in [2.45, 2.75) is 25.1 Å². The first-order chi connectivity index (χ1) is 12.5. The van der Waals surface area contributed by atoms with E-state index in [-0.39, 0.29) is 6.04 Å². The Morgan fingerprint density at radius 1 is 1.23 bits per heavy atom. The van der Waals surface area contributed by atoms with Gasteiger partial charge in [0.1, 0.15) is 0 Å². The first-order valence-corrected chi connectivity index (χ1v) is 8.99. The van der Waals surface area contributed by atoms with Gasteiger partial charge in [0.2, 0.25) is 0 Å². The van der Waals surface area contributed by atoms with E-state index in [1.54, 1.807) is 10.7 Å². The number of aliphatic hydroxyl groups excluding tert-OH is 1. The Labute approximate surface area is 161 Å². The molecule has 6 nitrogen and oxygen atoms in total. The summed E-state index contributed by atoms with van der Waals surface area (Å²) in [4.78, 5) is 2.02. The van der Waals surface area contributed by atoms with Gasteiger partial charge in [-0.2, -0.15) is 4.68 Å². The Balaban J connectivity index is 1.63. The van der Waals surface area contributed by atoms with Gasteiger partial charge in [-0.15, -0.1) is 5.10 Å².